The van der Waals surface area contributed by atoms with Crippen molar-refractivity contribution >= 4 is 29.0 Å². The van der Waals surface area contributed by atoms with E-state index in [2.05, 4.69) is 16.4 Å². The molecule has 3 aromatic rings. The number of carbonyl (C=O) groups excluding carboxylic acids is 2. The van der Waals surface area contributed by atoms with Crippen LogP contribution in [0.5, 0.6) is 5.75 Å². The van der Waals surface area contributed by atoms with Gasteiger partial charge in [0.2, 0.25) is 12.0 Å². The van der Waals surface area contributed by atoms with Gasteiger partial charge in [-0.3, -0.25) is 14.5 Å². The summed E-state index contributed by atoms with van der Waals surface area (Å²) < 4.78 is 5.94. The zero-order valence-electron chi connectivity index (χ0n) is 16.5. The number of nitrogens with zero attached hydrogens (tertiary/aromatic N) is 2. The van der Waals surface area contributed by atoms with Crippen LogP contribution in [0.2, 0.25) is 0 Å². The molecule has 1 aliphatic heterocycles. The number of rotatable bonds is 8. The molecule has 2 amide bonds. The fourth-order valence-corrected chi connectivity index (χ4v) is 4.13. The Morgan fingerprint density at radius 3 is 2.80 bits per heavy atom. The Morgan fingerprint density at radius 1 is 1.13 bits per heavy atom. The molecule has 0 unspecified atom stereocenters. The molecule has 1 aliphatic rings. The maximum absolute atomic E-state index is 13.1. The van der Waals surface area contributed by atoms with Crippen LogP contribution in [0.15, 0.2) is 66.2 Å². The molecule has 154 valence electrons. The Morgan fingerprint density at radius 2 is 2.00 bits per heavy atom. The van der Waals surface area contributed by atoms with Crippen LogP contribution in [-0.4, -0.2) is 29.9 Å². The molecule has 3 heterocycles. The third-order valence-electron chi connectivity index (χ3n) is 4.90. The zero-order valence-corrected chi connectivity index (χ0v) is 17.3. The molecule has 0 spiro atoms. The van der Waals surface area contributed by atoms with Gasteiger partial charge in [0.25, 0.3) is 5.91 Å². The van der Waals surface area contributed by atoms with Crippen molar-refractivity contribution in [2.24, 2.45) is 0 Å². The SMILES string of the molecule is O=C(CCCN1C(=O)[C@H](c2ccccc2)Oc2cccnc21)NCCc1cccs1. The molecule has 2 aromatic heterocycles. The highest BCUT2D eigenvalue weighted by Crippen LogP contribution is 2.37. The fraction of sp³-hybridized carbons (Fsp3) is 0.261. The van der Waals surface area contributed by atoms with Crippen LogP contribution < -0.4 is 15.0 Å². The minimum absolute atomic E-state index is 0.00637. The largest absolute Gasteiger partial charge is 0.472 e. The number of benzene rings is 1. The number of carbonyl (C=O) groups is 2. The summed E-state index contributed by atoms with van der Waals surface area (Å²) >= 11 is 1.69. The average molecular weight is 422 g/mol. The second-order valence-corrected chi connectivity index (χ2v) is 8.04. The quantitative estimate of drug-likeness (QED) is 0.601. The Labute approximate surface area is 179 Å². The van der Waals surface area contributed by atoms with Gasteiger partial charge in [-0.2, -0.15) is 0 Å². The van der Waals surface area contributed by atoms with Gasteiger partial charge in [-0.25, -0.2) is 4.98 Å². The molecule has 0 saturated heterocycles. The van der Waals surface area contributed by atoms with Gasteiger partial charge in [-0.1, -0.05) is 36.4 Å². The van der Waals surface area contributed by atoms with Gasteiger partial charge in [0.1, 0.15) is 0 Å². The van der Waals surface area contributed by atoms with Crippen LogP contribution >= 0.6 is 11.3 Å². The van der Waals surface area contributed by atoms with Crippen molar-refractivity contribution in [3.63, 3.8) is 0 Å². The van der Waals surface area contributed by atoms with E-state index in [0.29, 0.717) is 37.5 Å². The average Bonchev–Trinajstić information content (AvgIpc) is 3.29. The van der Waals surface area contributed by atoms with Crippen molar-refractivity contribution in [1.29, 1.82) is 0 Å². The standard InChI is InChI=1S/C23H23N3O3S/c27-20(24-14-12-18-9-6-16-30-18)11-5-15-26-22-19(10-4-13-25-22)29-21(23(26)28)17-7-2-1-3-8-17/h1-4,6-10,13,16,21H,5,11-12,14-15H2,(H,24,27)/t21-/m0/s1. The van der Waals surface area contributed by atoms with Crippen molar-refractivity contribution in [1.82, 2.24) is 10.3 Å². The van der Waals surface area contributed by atoms with Crippen LogP contribution in [-0.2, 0) is 16.0 Å². The van der Waals surface area contributed by atoms with Gasteiger partial charge in [0, 0.05) is 36.1 Å². The first-order valence-electron chi connectivity index (χ1n) is 9.99. The van der Waals surface area contributed by atoms with Crippen LogP contribution in [0.4, 0.5) is 5.82 Å². The Bertz CT molecular complexity index is 992. The Kier molecular flexibility index (Phi) is 6.39. The van der Waals surface area contributed by atoms with Crippen molar-refractivity contribution < 1.29 is 14.3 Å². The lowest BCUT2D eigenvalue weighted by molar-refractivity contribution is -0.127. The van der Waals surface area contributed by atoms with E-state index in [0.717, 1.165) is 12.0 Å². The van der Waals surface area contributed by atoms with Crippen LogP contribution in [0.3, 0.4) is 0 Å². The number of aromatic nitrogens is 1. The van der Waals surface area contributed by atoms with Gasteiger partial charge in [0.05, 0.1) is 0 Å². The number of anilines is 1. The van der Waals surface area contributed by atoms with Crippen LogP contribution in [0.1, 0.15) is 29.4 Å². The molecule has 0 bridgehead atoms. The molecule has 30 heavy (non-hydrogen) atoms. The first-order chi connectivity index (χ1) is 14.7. The van der Waals surface area contributed by atoms with Crippen LogP contribution in [0.25, 0.3) is 0 Å². The highest BCUT2D eigenvalue weighted by atomic mass is 32.1. The third kappa shape index (κ3) is 4.68. The zero-order chi connectivity index (χ0) is 20.8. The number of ether oxygens (including phenoxy) is 1. The minimum atomic E-state index is -0.706. The summed E-state index contributed by atoms with van der Waals surface area (Å²) in [6.45, 7) is 1.03. The predicted molar refractivity (Wildman–Crippen MR) is 117 cm³/mol. The van der Waals surface area contributed by atoms with E-state index in [1.165, 1.54) is 4.88 Å². The van der Waals surface area contributed by atoms with Crippen molar-refractivity contribution in [3.8, 4) is 5.75 Å². The lowest BCUT2D eigenvalue weighted by Gasteiger charge is -2.33. The molecule has 1 atom stereocenters. The first kappa shape index (κ1) is 20.1. The fourth-order valence-electron chi connectivity index (χ4n) is 3.42. The van der Waals surface area contributed by atoms with E-state index < -0.39 is 6.10 Å². The van der Waals surface area contributed by atoms with Crippen molar-refractivity contribution in [3.05, 3.63) is 76.6 Å². The minimum Gasteiger partial charge on any atom is -0.472 e. The molecule has 0 aliphatic carbocycles. The van der Waals surface area contributed by atoms with E-state index >= 15 is 0 Å². The van der Waals surface area contributed by atoms with E-state index in [9.17, 15) is 9.59 Å². The number of nitrogens with one attached hydrogen (secondary N) is 1. The monoisotopic (exact) mass is 421 g/mol. The first-order valence-corrected chi connectivity index (χ1v) is 10.9. The van der Waals surface area contributed by atoms with E-state index in [-0.39, 0.29) is 11.8 Å². The summed E-state index contributed by atoms with van der Waals surface area (Å²) in [5, 5.41) is 4.98. The van der Waals surface area contributed by atoms with E-state index in [4.69, 9.17) is 4.74 Å². The highest BCUT2D eigenvalue weighted by Gasteiger charge is 2.36. The molecule has 1 aromatic carbocycles. The van der Waals surface area contributed by atoms with Crippen molar-refractivity contribution in [2.45, 2.75) is 25.4 Å². The van der Waals surface area contributed by atoms with Crippen molar-refractivity contribution in [2.75, 3.05) is 18.0 Å². The van der Waals surface area contributed by atoms with Gasteiger partial charge in [-0.15, -0.1) is 11.3 Å². The maximum Gasteiger partial charge on any atom is 0.274 e. The smallest absolute Gasteiger partial charge is 0.274 e. The van der Waals surface area contributed by atoms with Gasteiger partial charge in [0.15, 0.2) is 11.6 Å². The second-order valence-electron chi connectivity index (χ2n) is 7.01. The van der Waals surface area contributed by atoms with E-state index in [1.807, 2.05) is 47.8 Å². The lowest BCUT2D eigenvalue weighted by Crippen LogP contribution is -2.42. The second kappa shape index (κ2) is 9.54. The lowest BCUT2D eigenvalue weighted by atomic mass is 10.1. The highest BCUT2D eigenvalue weighted by molar-refractivity contribution is 7.09. The Balaban J connectivity index is 1.36. The third-order valence-corrected chi connectivity index (χ3v) is 5.84. The summed E-state index contributed by atoms with van der Waals surface area (Å²) in [7, 11) is 0. The number of hydrogen-bond donors (Lipinski definition) is 1. The number of thiophene rings is 1. The number of hydrogen-bond acceptors (Lipinski definition) is 5. The summed E-state index contributed by atoms with van der Waals surface area (Å²) in [6.07, 6.45) is 2.67. The normalized spacial score (nSPS) is 15.4. The summed E-state index contributed by atoms with van der Waals surface area (Å²) in [5.41, 5.74) is 0.799. The molecular formula is C23H23N3O3S. The van der Waals surface area contributed by atoms with Crippen LogP contribution in [0, 0.1) is 0 Å². The molecule has 0 radical (unpaired) electrons. The molecule has 0 saturated carbocycles. The molecule has 1 N–H and O–H groups in total. The molecule has 0 fully saturated rings. The Hall–Kier alpha value is -3.19. The van der Waals surface area contributed by atoms with Gasteiger partial charge >= 0.3 is 0 Å². The summed E-state index contributed by atoms with van der Waals surface area (Å²) in [6, 6.07) is 17.1. The van der Waals surface area contributed by atoms with E-state index in [1.54, 1.807) is 28.5 Å². The topological polar surface area (TPSA) is 71.5 Å². The molecule has 4 rings (SSSR count). The maximum atomic E-state index is 13.1. The predicted octanol–water partition coefficient (Wildman–Crippen LogP) is 3.75. The molecular weight excluding hydrogens is 398 g/mol. The van der Waals surface area contributed by atoms with Gasteiger partial charge < -0.3 is 10.1 Å². The van der Waals surface area contributed by atoms with Gasteiger partial charge in [-0.05, 0) is 36.4 Å². The summed E-state index contributed by atoms with van der Waals surface area (Å²) in [4.78, 5) is 32.5. The molecule has 6 nitrogen and oxygen atoms in total. The molecule has 7 heteroatoms. The summed E-state index contributed by atoms with van der Waals surface area (Å²) in [5.74, 6) is 0.915. The number of fused-ring (bicyclic) bond motifs is 1. The number of amides is 2. The number of pyridine rings is 1.